The number of benzene rings is 3. The predicted octanol–water partition coefficient (Wildman–Crippen LogP) is 5.42. The monoisotopic (exact) mass is 331 g/mol. The first-order valence-electron chi connectivity index (χ1n) is 8.92. The van der Waals surface area contributed by atoms with Gasteiger partial charge in [0.25, 0.3) is 0 Å². The number of hydrogen-bond donors (Lipinski definition) is 1. The maximum absolute atomic E-state index is 10.4. The molecule has 3 rings (SSSR count). The van der Waals surface area contributed by atoms with Crippen LogP contribution in [0, 0.1) is 0 Å². The molecule has 0 fully saturated rings. The van der Waals surface area contributed by atoms with Gasteiger partial charge in [0.1, 0.15) is 5.75 Å². The average Bonchev–Trinajstić information content (AvgIpc) is 2.67. The van der Waals surface area contributed by atoms with Gasteiger partial charge in [0, 0.05) is 30.3 Å². The molecule has 2 nitrogen and oxygen atoms in total. The Balaban J connectivity index is 2.05. The van der Waals surface area contributed by atoms with Crippen LogP contribution in [0.2, 0.25) is 0 Å². The average molecular weight is 331 g/mol. The SMILES string of the molecule is CCN(CC)c1ccc(C(c2ccccc2)c2ccccc2O)cc1. The van der Waals surface area contributed by atoms with Gasteiger partial charge in [0.05, 0.1) is 0 Å². The summed E-state index contributed by atoms with van der Waals surface area (Å²) in [5, 5.41) is 10.4. The lowest BCUT2D eigenvalue weighted by molar-refractivity contribution is 0.467. The summed E-state index contributed by atoms with van der Waals surface area (Å²) in [6, 6.07) is 26.7. The molecule has 0 aliphatic carbocycles. The number of phenolic OH excluding ortho intramolecular Hbond substituents is 1. The Labute approximate surface area is 150 Å². The Bertz CT molecular complexity index is 792. The van der Waals surface area contributed by atoms with E-state index in [0.717, 1.165) is 18.7 Å². The van der Waals surface area contributed by atoms with Gasteiger partial charge < -0.3 is 10.0 Å². The van der Waals surface area contributed by atoms with E-state index in [0.29, 0.717) is 5.75 Å². The zero-order valence-corrected chi connectivity index (χ0v) is 14.9. The summed E-state index contributed by atoms with van der Waals surface area (Å²) in [4.78, 5) is 2.33. The third-order valence-corrected chi connectivity index (χ3v) is 4.74. The lowest BCUT2D eigenvalue weighted by atomic mass is 9.84. The molecular formula is C23H25NO. The van der Waals surface area contributed by atoms with Crippen molar-refractivity contribution in [2.45, 2.75) is 19.8 Å². The van der Waals surface area contributed by atoms with Crippen molar-refractivity contribution in [3.05, 3.63) is 95.6 Å². The van der Waals surface area contributed by atoms with Crippen molar-refractivity contribution < 1.29 is 5.11 Å². The smallest absolute Gasteiger partial charge is 0.119 e. The molecule has 3 aromatic rings. The zero-order chi connectivity index (χ0) is 17.6. The van der Waals surface area contributed by atoms with E-state index < -0.39 is 0 Å². The molecule has 0 aliphatic heterocycles. The first-order chi connectivity index (χ1) is 12.2. The quantitative estimate of drug-likeness (QED) is 0.610. The number of para-hydroxylation sites is 1. The number of anilines is 1. The number of aromatic hydroxyl groups is 1. The van der Waals surface area contributed by atoms with E-state index in [9.17, 15) is 5.11 Å². The number of rotatable bonds is 6. The second-order valence-corrected chi connectivity index (χ2v) is 6.17. The Morgan fingerprint density at radius 2 is 1.28 bits per heavy atom. The highest BCUT2D eigenvalue weighted by atomic mass is 16.3. The van der Waals surface area contributed by atoms with Crippen LogP contribution in [0.4, 0.5) is 5.69 Å². The van der Waals surface area contributed by atoms with Crippen molar-refractivity contribution in [1.82, 2.24) is 0 Å². The fraction of sp³-hybridized carbons (Fsp3) is 0.217. The lowest BCUT2D eigenvalue weighted by Gasteiger charge is -2.23. The summed E-state index contributed by atoms with van der Waals surface area (Å²) < 4.78 is 0. The first kappa shape index (κ1) is 17.1. The highest BCUT2D eigenvalue weighted by Crippen LogP contribution is 2.37. The van der Waals surface area contributed by atoms with Crippen molar-refractivity contribution in [1.29, 1.82) is 0 Å². The second-order valence-electron chi connectivity index (χ2n) is 6.17. The minimum absolute atomic E-state index is 0.0214. The normalized spacial score (nSPS) is 11.9. The summed E-state index contributed by atoms with van der Waals surface area (Å²) in [5.74, 6) is 0.359. The van der Waals surface area contributed by atoms with Gasteiger partial charge in [0.2, 0.25) is 0 Å². The largest absolute Gasteiger partial charge is 0.508 e. The maximum atomic E-state index is 10.4. The van der Waals surface area contributed by atoms with Crippen LogP contribution in [0.5, 0.6) is 5.75 Å². The standard InChI is InChI=1S/C23H25NO/c1-3-24(4-2)20-16-14-19(15-17-20)23(18-10-6-5-7-11-18)21-12-8-9-13-22(21)25/h5-17,23,25H,3-4H2,1-2H3. The molecule has 1 unspecified atom stereocenters. The summed E-state index contributed by atoms with van der Waals surface area (Å²) in [7, 11) is 0. The summed E-state index contributed by atoms with van der Waals surface area (Å²) in [6.45, 7) is 6.34. The molecule has 1 N–H and O–H groups in total. The van der Waals surface area contributed by atoms with Gasteiger partial charge in [-0.3, -0.25) is 0 Å². The van der Waals surface area contributed by atoms with Crippen molar-refractivity contribution in [2.75, 3.05) is 18.0 Å². The molecule has 3 aromatic carbocycles. The summed E-state index contributed by atoms with van der Waals surface area (Å²) in [5.41, 5.74) is 4.53. The Morgan fingerprint density at radius 1 is 0.720 bits per heavy atom. The van der Waals surface area contributed by atoms with Gasteiger partial charge in [-0.15, -0.1) is 0 Å². The second kappa shape index (κ2) is 7.89. The zero-order valence-electron chi connectivity index (χ0n) is 14.9. The van der Waals surface area contributed by atoms with Crippen LogP contribution in [0.15, 0.2) is 78.9 Å². The van der Waals surface area contributed by atoms with Crippen LogP contribution < -0.4 is 4.90 Å². The molecular weight excluding hydrogens is 306 g/mol. The van der Waals surface area contributed by atoms with Crippen LogP contribution in [-0.4, -0.2) is 18.2 Å². The maximum Gasteiger partial charge on any atom is 0.119 e. The van der Waals surface area contributed by atoms with E-state index in [2.05, 4.69) is 55.1 Å². The van der Waals surface area contributed by atoms with Gasteiger partial charge in [0.15, 0.2) is 0 Å². The Kier molecular flexibility index (Phi) is 5.39. The molecule has 1 atom stereocenters. The molecule has 0 radical (unpaired) electrons. The molecule has 0 aromatic heterocycles. The van der Waals surface area contributed by atoms with Crippen LogP contribution >= 0.6 is 0 Å². The molecule has 0 saturated heterocycles. The van der Waals surface area contributed by atoms with Crippen LogP contribution in [0.25, 0.3) is 0 Å². The van der Waals surface area contributed by atoms with Crippen molar-refractivity contribution in [3.8, 4) is 5.75 Å². The Hall–Kier alpha value is -2.74. The molecule has 0 amide bonds. The topological polar surface area (TPSA) is 23.5 Å². The van der Waals surface area contributed by atoms with Crippen LogP contribution in [0.3, 0.4) is 0 Å². The third-order valence-electron chi connectivity index (χ3n) is 4.74. The lowest BCUT2D eigenvalue weighted by Crippen LogP contribution is -2.21. The van der Waals surface area contributed by atoms with Gasteiger partial charge in [-0.05, 0) is 43.2 Å². The minimum Gasteiger partial charge on any atom is -0.508 e. The van der Waals surface area contributed by atoms with E-state index in [1.807, 2.05) is 36.4 Å². The Morgan fingerprint density at radius 3 is 1.88 bits per heavy atom. The van der Waals surface area contributed by atoms with Gasteiger partial charge >= 0.3 is 0 Å². The third kappa shape index (κ3) is 3.69. The van der Waals surface area contributed by atoms with Gasteiger partial charge in [-0.25, -0.2) is 0 Å². The highest BCUT2D eigenvalue weighted by molar-refractivity contribution is 5.53. The number of hydrogen-bond acceptors (Lipinski definition) is 2. The molecule has 0 bridgehead atoms. The van der Waals surface area contributed by atoms with Gasteiger partial charge in [-0.2, -0.15) is 0 Å². The summed E-state index contributed by atoms with van der Waals surface area (Å²) in [6.07, 6.45) is 0. The highest BCUT2D eigenvalue weighted by Gasteiger charge is 2.19. The molecule has 25 heavy (non-hydrogen) atoms. The molecule has 0 saturated carbocycles. The predicted molar refractivity (Wildman–Crippen MR) is 105 cm³/mol. The number of phenols is 1. The minimum atomic E-state index is 0.0214. The van der Waals surface area contributed by atoms with Gasteiger partial charge in [-0.1, -0.05) is 60.7 Å². The molecule has 0 aliphatic rings. The van der Waals surface area contributed by atoms with E-state index >= 15 is 0 Å². The molecule has 2 heteroatoms. The summed E-state index contributed by atoms with van der Waals surface area (Å²) >= 11 is 0. The van der Waals surface area contributed by atoms with E-state index in [1.165, 1.54) is 16.8 Å². The van der Waals surface area contributed by atoms with E-state index in [-0.39, 0.29) is 5.92 Å². The van der Waals surface area contributed by atoms with Crippen molar-refractivity contribution in [3.63, 3.8) is 0 Å². The van der Waals surface area contributed by atoms with Crippen molar-refractivity contribution in [2.24, 2.45) is 0 Å². The van der Waals surface area contributed by atoms with Crippen molar-refractivity contribution >= 4 is 5.69 Å². The van der Waals surface area contributed by atoms with E-state index in [1.54, 1.807) is 6.07 Å². The van der Waals surface area contributed by atoms with Crippen LogP contribution in [-0.2, 0) is 0 Å². The number of nitrogens with zero attached hydrogens (tertiary/aromatic N) is 1. The molecule has 0 spiro atoms. The first-order valence-corrected chi connectivity index (χ1v) is 8.92. The van der Waals surface area contributed by atoms with Crippen LogP contribution in [0.1, 0.15) is 36.5 Å². The molecule has 0 heterocycles. The molecule has 128 valence electrons. The fourth-order valence-electron chi connectivity index (χ4n) is 3.40. The van der Waals surface area contributed by atoms with E-state index in [4.69, 9.17) is 0 Å². The fourth-order valence-corrected chi connectivity index (χ4v) is 3.40.